The summed E-state index contributed by atoms with van der Waals surface area (Å²) < 4.78 is 136. The molecule has 12 rings (SSSR count). The van der Waals surface area contributed by atoms with Crippen LogP contribution in [0.4, 0.5) is 39.5 Å². The van der Waals surface area contributed by atoms with E-state index in [1.165, 1.54) is 85.5 Å². The highest BCUT2D eigenvalue weighted by atomic mass is 79.9. The molecule has 0 aliphatic rings. The molecule has 0 bridgehead atoms. The number of halogens is 13. The van der Waals surface area contributed by atoms with Crippen LogP contribution in [0.3, 0.4) is 0 Å². The van der Waals surface area contributed by atoms with Crippen molar-refractivity contribution in [3.63, 3.8) is 0 Å². The molecule has 24 nitrogen and oxygen atoms in total. The Hall–Kier alpha value is -10.2. The van der Waals surface area contributed by atoms with Crippen molar-refractivity contribution in [3.8, 4) is 40.0 Å². The number of fused-ring (bicyclic) bond motifs is 3. The van der Waals surface area contributed by atoms with Gasteiger partial charge in [0.15, 0.2) is 38.2 Å². The summed E-state index contributed by atoms with van der Waals surface area (Å²) in [6, 6.07) is 36.9. The number of aliphatic hydroxyl groups is 1. The number of aryl methyl sites for hydroxylation is 3. The number of benzene rings is 6. The van der Waals surface area contributed by atoms with Crippen LogP contribution in [-0.2, 0) is 60.4 Å². The minimum atomic E-state index is -4.88. The summed E-state index contributed by atoms with van der Waals surface area (Å²) >= 11 is 21.3. The maximum absolute atomic E-state index is 13.5. The molecular weight excluding hydrogens is 1600 g/mol. The smallest absolute Gasteiger partial charge is 0.412 e. The summed E-state index contributed by atoms with van der Waals surface area (Å²) in [7, 11) is 9.83. The Balaban J connectivity index is 0.000000275. The van der Waals surface area contributed by atoms with Crippen LogP contribution in [0.2, 0.25) is 15.1 Å². The lowest BCUT2D eigenvalue weighted by Gasteiger charge is -2.13. The van der Waals surface area contributed by atoms with E-state index >= 15 is 0 Å². The lowest BCUT2D eigenvalue weighted by molar-refractivity contribution is -0.275. The second kappa shape index (κ2) is 39.1. The number of hydrogen-bond acceptors (Lipinski definition) is 13. The molecule has 0 unspecified atom stereocenters. The summed E-state index contributed by atoms with van der Waals surface area (Å²) in [5.74, 6) is -0.774. The van der Waals surface area contributed by atoms with Crippen LogP contribution < -0.4 is 53.4 Å². The van der Waals surface area contributed by atoms with Crippen LogP contribution in [-0.4, -0.2) is 106 Å². The Kier molecular flexibility index (Phi) is 32.3. The summed E-state index contributed by atoms with van der Waals surface area (Å²) in [5, 5.41) is 10.9. The maximum Gasteiger partial charge on any atom is 0.573 e. The Bertz CT molecular complexity index is 5340. The third-order valence-corrected chi connectivity index (χ3v) is 17.5. The van der Waals surface area contributed by atoms with E-state index in [2.05, 4.69) is 45.1 Å². The van der Waals surface area contributed by atoms with Crippen molar-refractivity contribution >= 4 is 97.5 Å². The molecule has 0 aliphatic carbocycles. The van der Waals surface area contributed by atoms with Gasteiger partial charge in [-0.2, -0.15) is 0 Å². The second-order valence-corrected chi connectivity index (χ2v) is 25.9. The third kappa shape index (κ3) is 22.8. The SMILES string of the molecule is C.C.CCCCn1c(=O)c2c(nc(-c3cccc(OC(F)(F)F)c3)n2Cc2ccc(Cl)cc2)n(C)c1=O.CCCCn1c(=O)c2c(nc(Br)n2Cc2ccc(Cl)cc2)n(C)c1=O.Cn1c(=O)n(CCCO)c(=O)c2c1nc(-c1cccc(OC(F)(F)F)c1)n2Cc1ccc(Cl)cc1.O.O.[B]c1cccc(OC(F)(F)F)c1. The Morgan fingerprint density at radius 2 is 0.730 bits per heavy atom. The summed E-state index contributed by atoms with van der Waals surface area (Å²) in [5.41, 5.74) is 1.68. The van der Waals surface area contributed by atoms with E-state index in [4.69, 9.17) is 42.6 Å². The Morgan fingerprint density at radius 3 is 1.05 bits per heavy atom. The second-order valence-electron chi connectivity index (χ2n) is 23.9. The molecule has 0 aliphatic heterocycles. The number of nitrogens with zero attached hydrogens (tertiary/aromatic N) is 12. The first kappa shape index (κ1) is 91.4. The number of aliphatic hydroxyl groups excluding tert-OH is 1. The van der Waals surface area contributed by atoms with Gasteiger partial charge in [0.2, 0.25) is 0 Å². The van der Waals surface area contributed by atoms with E-state index < -0.39 is 53.1 Å². The minimum Gasteiger partial charge on any atom is -0.412 e. The average Bonchev–Trinajstić information content (AvgIpc) is 1.59. The highest BCUT2D eigenvalue weighted by Crippen LogP contribution is 2.33. The third-order valence-electron chi connectivity index (χ3n) is 16.2. The largest absolute Gasteiger partial charge is 0.573 e. The number of rotatable bonds is 20. The van der Waals surface area contributed by atoms with E-state index in [-0.39, 0.29) is 127 Å². The molecule has 6 heterocycles. The average molecular weight is 1680 g/mol. The van der Waals surface area contributed by atoms with Crippen molar-refractivity contribution in [2.45, 2.75) is 119 Å². The number of hydrogen-bond donors (Lipinski definition) is 1. The van der Waals surface area contributed by atoms with Crippen molar-refractivity contribution in [3.05, 3.63) is 245 Å². The van der Waals surface area contributed by atoms with E-state index in [1.54, 1.807) is 87.5 Å². The number of ether oxygens (including phenoxy) is 3. The zero-order valence-electron chi connectivity index (χ0n) is 58.3. The fraction of sp³-hybridized carbons (Fsp3) is 0.301. The lowest BCUT2D eigenvalue weighted by atomic mass is 9.96. The number of aromatic nitrogens is 12. The zero-order chi connectivity index (χ0) is 78.0. The normalized spacial score (nSPS) is 11.2. The topological polar surface area (TPSA) is 296 Å². The summed E-state index contributed by atoms with van der Waals surface area (Å²) in [6.45, 7) is 5.16. The molecule has 0 saturated carbocycles. The van der Waals surface area contributed by atoms with Gasteiger partial charge in [0.25, 0.3) is 16.7 Å². The maximum atomic E-state index is 13.5. The molecule has 6 aromatic carbocycles. The van der Waals surface area contributed by atoms with E-state index in [1.807, 2.05) is 26.0 Å². The van der Waals surface area contributed by atoms with Crippen LogP contribution in [0.15, 0.2) is 179 Å². The molecule has 111 heavy (non-hydrogen) atoms. The van der Waals surface area contributed by atoms with Crippen LogP contribution in [0.25, 0.3) is 56.3 Å². The van der Waals surface area contributed by atoms with E-state index in [9.17, 15) is 73.4 Å². The molecule has 594 valence electrons. The molecule has 38 heteroatoms. The van der Waals surface area contributed by atoms with Crippen LogP contribution in [0.1, 0.15) is 77.5 Å². The fourth-order valence-corrected chi connectivity index (χ4v) is 12.0. The first-order valence-electron chi connectivity index (χ1n) is 32.5. The summed E-state index contributed by atoms with van der Waals surface area (Å²) in [4.78, 5) is 91.3. The van der Waals surface area contributed by atoms with Gasteiger partial charge in [0, 0.05) is 86.7 Å². The first-order valence-corrected chi connectivity index (χ1v) is 34.4. The minimum absolute atomic E-state index is 0. The van der Waals surface area contributed by atoms with Crippen LogP contribution in [0.5, 0.6) is 17.2 Å². The molecule has 12 aromatic rings. The van der Waals surface area contributed by atoms with Gasteiger partial charge in [-0.25, -0.2) is 29.3 Å². The van der Waals surface area contributed by atoms with Crippen molar-refractivity contribution in [1.29, 1.82) is 0 Å². The predicted octanol–water partition coefficient (Wildman–Crippen LogP) is 12.7. The zero-order valence-corrected chi connectivity index (χ0v) is 62.2. The molecule has 0 atom stereocenters. The van der Waals surface area contributed by atoms with Gasteiger partial charge >= 0.3 is 36.2 Å². The molecule has 5 N–H and O–H groups in total. The van der Waals surface area contributed by atoms with E-state index in [0.717, 1.165) is 58.7 Å². The first-order chi connectivity index (χ1) is 50.6. The number of unbranched alkanes of at least 4 members (excludes halogenated alkanes) is 2. The molecular formula is C73H76BBrCl3F9N12O12. The van der Waals surface area contributed by atoms with Gasteiger partial charge in [-0.3, -0.25) is 41.8 Å². The van der Waals surface area contributed by atoms with E-state index in [0.29, 0.717) is 56.0 Å². The van der Waals surface area contributed by atoms with Crippen LogP contribution >= 0.6 is 50.7 Å². The van der Waals surface area contributed by atoms with Crippen molar-refractivity contribution < 1.29 is 69.8 Å². The monoisotopic (exact) mass is 1680 g/mol. The lowest BCUT2D eigenvalue weighted by Crippen LogP contribution is -2.39. The molecule has 2 radical (unpaired) electrons. The molecule has 0 fully saturated rings. The summed E-state index contributed by atoms with van der Waals surface area (Å²) in [6.07, 6.45) is -11.1. The highest BCUT2D eigenvalue weighted by Gasteiger charge is 2.34. The number of imidazole rings is 3. The quantitative estimate of drug-likeness (QED) is 0.0422. The van der Waals surface area contributed by atoms with Crippen molar-refractivity contribution in [2.75, 3.05) is 6.61 Å². The fourth-order valence-electron chi connectivity index (χ4n) is 11.1. The van der Waals surface area contributed by atoms with Gasteiger partial charge < -0.3 is 44.0 Å². The standard InChI is InChI=1S/C24H22ClF3N4O3.C23H20ClF3N4O4.C17H18BrClN4O2.C7H4BF3O.2CH4.2H2O/c1-3-4-12-31-22(33)19-21(30(2)23(31)34)29-20(32(19)14-15-8-10-17(25)11-9-15)16-6-5-7-18(13-16)35-24(26,27)28;1-29-20-18(21(33)30(22(29)34)10-3-11-32)31(13-14-6-8-16(24)9-7-14)19(28-20)15-4-2-5-17(12-15)35-23(25,26)27;1-3-4-9-22-15(24)13-14(21(2)17(22)25)20-16(18)23(13)10-11-5-7-12(19)8-6-11;8-5-2-1-3-6(4-5)12-7(9,10)11;;;;/h5-11,13H,3-4,12,14H2,1-2H3;2,4-9,12,32H,3,10-11,13H2,1H3;5-8H,3-4,9-10H2,1-2H3;1-4H;2*1H4;2*1H2. The van der Waals surface area contributed by atoms with Gasteiger partial charge in [-0.05, 0) is 125 Å². The Labute approximate surface area is 651 Å². The van der Waals surface area contributed by atoms with Gasteiger partial charge in [0.05, 0.1) is 6.54 Å². The van der Waals surface area contributed by atoms with Gasteiger partial charge in [-0.15, -0.1) is 39.5 Å². The highest BCUT2D eigenvalue weighted by molar-refractivity contribution is 9.10. The molecule has 0 saturated heterocycles. The van der Waals surface area contributed by atoms with Crippen molar-refractivity contribution in [1.82, 2.24) is 56.1 Å². The van der Waals surface area contributed by atoms with Crippen LogP contribution in [0, 0.1) is 0 Å². The molecule has 6 aromatic heterocycles. The molecule has 0 amide bonds. The number of alkyl halides is 9. The predicted molar refractivity (Wildman–Crippen MR) is 412 cm³/mol. The molecule has 0 spiro atoms. The van der Waals surface area contributed by atoms with Crippen molar-refractivity contribution in [2.24, 2.45) is 21.1 Å². The van der Waals surface area contributed by atoms with Gasteiger partial charge in [0.1, 0.15) is 36.7 Å². The Morgan fingerprint density at radius 1 is 0.432 bits per heavy atom. The van der Waals surface area contributed by atoms with Gasteiger partial charge in [-0.1, -0.05) is 155 Å².